The number of alkyl halides is 1. The van der Waals surface area contributed by atoms with Crippen molar-refractivity contribution in [2.75, 3.05) is 19.6 Å². The lowest BCUT2D eigenvalue weighted by atomic mass is 10.2. The summed E-state index contributed by atoms with van der Waals surface area (Å²) in [6.07, 6.45) is 0. The van der Waals surface area contributed by atoms with E-state index in [9.17, 15) is 4.39 Å². The number of methoxy groups -OCH3 is 1. The number of ether oxygens (including phenoxy) is 1. The van der Waals surface area contributed by atoms with Crippen LogP contribution in [-0.4, -0.2) is 24.5 Å². The highest BCUT2D eigenvalue weighted by Crippen LogP contribution is 2.18. The standard InChI is InChI=1S/C10H13BrFNO/c1-13(7-11)6-8-3-4-10(14-2)9(12)5-8/h3-5H,6-7H2,1-2H3. The van der Waals surface area contributed by atoms with Crippen molar-refractivity contribution in [3.8, 4) is 5.75 Å². The molecule has 14 heavy (non-hydrogen) atoms. The molecule has 0 fully saturated rings. The minimum absolute atomic E-state index is 0.287. The van der Waals surface area contributed by atoms with E-state index in [-0.39, 0.29) is 11.6 Å². The minimum atomic E-state index is -0.312. The fraction of sp³-hybridized carbons (Fsp3) is 0.400. The number of halogens is 2. The molecule has 0 radical (unpaired) electrons. The maximum Gasteiger partial charge on any atom is 0.165 e. The molecule has 4 heteroatoms. The van der Waals surface area contributed by atoms with Crippen molar-refractivity contribution in [1.29, 1.82) is 0 Å². The zero-order valence-corrected chi connectivity index (χ0v) is 9.84. The summed E-state index contributed by atoms with van der Waals surface area (Å²) in [5.74, 6) is -0.0248. The molecule has 0 aliphatic heterocycles. The Morgan fingerprint density at radius 2 is 2.21 bits per heavy atom. The molecule has 0 atom stereocenters. The molecule has 1 rings (SSSR count). The van der Waals surface area contributed by atoms with E-state index in [0.29, 0.717) is 6.54 Å². The Kier molecular flexibility index (Phi) is 4.35. The molecular weight excluding hydrogens is 249 g/mol. The fourth-order valence-electron chi connectivity index (χ4n) is 1.16. The second-order valence-electron chi connectivity index (χ2n) is 3.10. The third-order valence-corrected chi connectivity index (χ3v) is 2.73. The summed E-state index contributed by atoms with van der Waals surface area (Å²) in [6, 6.07) is 5.01. The predicted molar refractivity (Wildman–Crippen MR) is 58.2 cm³/mol. The summed E-state index contributed by atoms with van der Waals surface area (Å²) in [7, 11) is 3.42. The Balaban J connectivity index is 2.76. The van der Waals surface area contributed by atoms with Crippen LogP contribution < -0.4 is 4.74 Å². The van der Waals surface area contributed by atoms with Crippen LogP contribution in [-0.2, 0) is 6.54 Å². The van der Waals surface area contributed by atoms with Crippen LogP contribution in [0.5, 0.6) is 5.75 Å². The van der Waals surface area contributed by atoms with E-state index in [1.807, 2.05) is 18.0 Å². The SMILES string of the molecule is COc1ccc(CN(C)CBr)cc1F. The first-order chi connectivity index (χ1) is 6.67. The molecule has 2 nitrogen and oxygen atoms in total. The van der Waals surface area contributed by atoms with Crippen LogP contribution in [0.25, 0.3) is 0 Å². The smallest absolute Gasteiger partial charge is 0.165 e. The topological polar surface area (TPSA) is 12.5 Å². The van der Waals surface area contributed by atoms with Crippen molar-refractivity contribution >= 4 is 15.9 Å². The summed E-state index contributed by atoms with van der Waals surface area (Å²) in [4.78, 5) is 2.03. The van der Waals surface area contributed by atoms with E-state index in [2.05, 4.69) is 15.9 Å². The van der Waals surface area contributed by atoms with Gasteiger partial charge in [-0.3, -0.25) is 4.90 Å². The van der Waals surface area contributed by atoms with E-state index in [4.69, 9.17) is 4.74 Å². The number of hydrogen-bond acceptors (Lipinski definition) is 2. The normalized spacial score (nSPS) is 10.6. The van der Waals surface area contributed by atoms with E-state index in [1.54, 1.807) is 6.07 Å². The van der Waals surface area contributed by atoms with Gasteiger partial charge in [-0.2, -0.15) is 0 Å². The Bertz CT molecular complexity index is 306. The summed E-state index contributed by atoms with van der Waals surface area (Å²) >= 11 is 3.33. The Morgan fingerprint density at radius 1 is 1.50 bits per heavy atom. The number of benzene rings is 1. The van der Waals surface area contributed by atoms with Gasteiger partial charge in [0.05, 0.1) is 12.6 Å². The van der Waals surface area contributed by atoms with E-state index >= 15 is 0 Å². The Morgan fingerprint density at radius 3 is 2.71 bits per heavy atom. The highest BCUT2D eigenvalue weighted by molar-refractivity contribution is 9.09. The molecule has 0 aromatic heterocycles. The van der Waals surface area contributed by atoms with Gasteiger partial charge in [0.15, 0.2) is 11.6 Å². The highest BCUT2D eigenvalue weighted by Gasteiger charge is 2.04. The first-order valence-electron chi connectivity index (χ1n) is 4.24. The molecule has 0 bridgehead atoms. The first-order valence-corrected chi connectivity index (χ1v) is 5.36. The van der Waals surface area contributed by atoms with Gasteiger partial charge in [0.2, 0.25) is 0 Å². The molecule has 1 aromatic carbocycles. The molecule has 0 aliphatic rings. The molecule has 0 unspecified atom stereocenters. The van der Waals surface area contributed by atoms with Crippen LogP contribution in [0, 0.1) is 5.82 Å². The molecular formula is C10H13BrFNO. The molecule has 78 valence electrons. The lowest BCUT2D eigenvalue weighted by Gasteiger charge is -2.13. The molecule has 0 saturated heterocycles. The highest BCUT2D eigenvalue weighted by atomic mass is 79.9. The van der Waals surface area contributed by atoms with Crippen LogP contribution in [0.15, 0.2) is 18.2 Å². The van der Waals surface area contributed by atoms with Crippen molar-refractivity contribution in [2.45, 2.75) is 6.54 Å². The largest absolute Gasteiger partial charge is 0.494 e. The lowest BCUT2D eigenvalue weighted by molar-refractivity contribution is 0.377. The van der Waals surface area contributed by atoms with Crippen LogP contribution in [0.3, 0.4) is 0 Å². The van der Waals surface area contributed by atoms with Crippen molar-refractivity contribution in [1.82, 2.24) is 4.90 Å². The molecule has 0 amide bonds. The van der Waals surface area contributed by atoms with Crippen LogP contribution in [0.4, 0.5) is 4.39 Å². The average molecular weight is 262 g/mol. The maximum atomic E-state index is 13.2. The van der Waals surface area contributed by atoms with Gasteiger partial charge in [-0.25, -0.2) is 4.39 Å². The second kappa shape index (κ2) is 5.32. The average Bonchev–Trinajstić information content (AvgIpc) is 2.18. The van der Waals surface area contributed by atoms with Gasteiger partial charge in [0.25, 0.3) is 0 Å². The van der Waals surface area contributed by atoms with Gasteiger partial charge in [0.1, 0.15) is 0 Å². The van der Waals surface area contributed by atoms with Gasteiger partial charge < -0.3 is 4.74 Å². The zero-order chi connectivity index (χ0) is 10.6. The predicted octanol–water partition coefficient (Wildman–Crippen LogP) is 2.62. The van der Waals surface area contributed by atoms with Crippen molar-refractivity contribution < 1.29 is 9.13 Å². The van der Waals surface area contributed by atoms with Gasteiger partial charge in [0, 0.05) is 6.54 Å². The number of nitrogens with zero attached hydrogens (tertiary/aromatic N) is 1. The fourth-order valence-corrected chi connectivity index (χ4v) is 1.34. The monoisotopic (exact) mass is 261 g/mol. The van der Waals surface area contributed by atoms with Crippen LogP contribution in [0.2, 0.25) is 0 Å². The lowest BCUT2D eigenvalue weighted by Crippen LogP contribution is -2.15. The summed E-state index contributed by atoms with van der Waals surface area (Å²) in [5, 5.41) is 0. The van der Waals surface area contributed by atoms with Crippen molar-refractivity contribution in [3.63, 3.8) is 0 Å². The number of rotatable bonds is 4. The Labute approximate surface area is 91.8 Å². The number of hydrogen-bond donors (Lipinski definition) is 0. The van der Waals surface area contributed by atoms with E-state index < -0.39 is 0 Å². The molecule has 0 aliphatic carbocycles. The molecule has 0 N–H and O–H groups in total. The van der Waals surface area contributed by atoms with E-state index in [1.165, 1.54) is 13.2 Å². The van der Waals surface area contributed by atoms with Crippen LogP contribution in [0.1, 0.15) is 5.56 Å². The summed E-state index contributed by atoms with van der Waals surface area (Å²) < 4.78 is 18.1. The van der Waals surface area contributed by atoms with Gasteiger partial charge in [-0.15, -0.1) is 0 Å². The first kappa shape index (κ1) is 11.5. The maximum absolute atomic E-state index is 13.2. The van der Waals surface area contributed by atoms with Crippen molar-refractivity contribution in [2.24, 2.45) is 0 Å². The minimum Gasteiger partial charge on any atom is -0.494 e. The Hall–Kier alpha value is -0.610. The second-order valence-corrected chi connectivity index (χ2v) is 3.60. The van der Waals surface area contributed by atoms with Crippen LogP contribution >= 0.6 is 15.9 Å². The van der Waals surface area contributed by atoms with Gasteiger partial charge in [-0.05, 0) is 24.7 Å². The molecule has 1 aromatic rings. The molecule has 0 saturated carbocycles. The van der Waals surface area contributed by atoms with Gasteiger partial charge >= 0.3 is 0 Å². The molecule has 0 heterocycles. The summed E-state index contributed by atoms with van der Waals surface area (Å²) in [6.45, 7) is 0.714. The third-order valence-electron chi connectivity index (χ3n) is 1.87. The van der Waals surface area contributed by atoms with E-state index in [0.717, 1.165) is 11.0 Å². The zero-order valence-electron chi connectivity index (χ0n) is 8.26. The summed E-state index contributed by atoms with van der Waals surface area (Å²) in [5.41, 5.74) is 1.70. The third kappa shape index (κ3) is 2.96. The van der Waals surface area contributed by atoms with Crippen molar-refractivity contribution in [3.05, 3.63) is 29.6 Å². The quantitative estimate of drug-likeness (QED) is 0.611. The van der Waals surface area contributed by atoms with Gasteiger partial charge in [-0.1, -0.05) is 22.0 Å². The molecule has 0 spiro atoms.